The van der Waals surface area contributed by atoms with Gasteiger partial charge >= 0.3 is 0 Å². The molecule has 1 heterocycles. The third-order valence-electron chi connectivity index (χ3n) is 1.45. The summed E-state index contributed by atoms with van der Waals surface area (Å²) in [5.41, 5.74) is 0. The van der Waals surface area contributed by atoms with Crippen LogP contribution >= 0.6 is 10.6 Å². The summed E-state index contributed by atoms with van der Waals surface area (Å²) < 4.78 is 24.1. The average molecular weight is 217 g/mol. The first-order valence-electron chi connectivity index (χ1n) is 4.26. The average Bonchev–Trinajstić information content (AvgIpc) is 2.01. The standard InChI is InChI=1S/C9H15NO3S/c1-7(2)13-8-5-4-6-9(10-8)14(3,11)12/h4-7,11-12H,1-3H3. The minimum Gasteiger partial charge on any atom is -0.475 e. The van der Waals surface area contributed by atoms with Crippen molar-refractivity contribution in [3.63, 3.8) is 0 Å². The Labute approximate surface area is 85.3 Å². The summed E-state index contributed by atoms with van der Waals surface area (Å²) in [5.74, 6) is 0.416. The lowest BCUT2D eigenvalue weighted by Gasteiger charge is -2.25. The fourth-order valence-corrected chi connectivity index (χ4v) is 1.52. The highest BCUT2D eigenvalue weighted by Gasteiger charge is 2.11. The summed E-state index contributed by atoms with van der Waals surface area (Å²) in [4.78, 5) is 4.00. The second-order valence-corrected chi connectivity index (χ2v) is 5.40. The molecule has 1 aromatic rings. The quantitative estimate of drug-likeness (QED) is 0.817. The predicted molar refractivity (Wildman–Crippen MR) is 57.0 cm³/mol. The molecule has 0 amide bonds. The van der Waals surface area contributed by atoms with Crippen LogP contribution in [-0.2, 0) is 0 Å². The second-order valence-electron chi connectivity index (χ2n) is 3.31. The van der Waals surface area contributed by atoms with E-state index in [-0.39, 0.29) is 11.1 Å². The van der Waals surface area contributed by atoms with Gasteiger partial charge in [-0.1, -0.05) is 6.07 Å². The first kappa shape index (κ1) is 11.3. The van der Waals surface area contributed by atoms with Crippen LogP contribution in [-0.4, -0.2) is 26.4 Å². The van der Waals surface area contributed by atoms with E-state index in [1.54, 1.807) is 18.2 Å². The maximum absolute atomic E-state index is 9.37. The van der Waals surface area contributed by atoms with Crippen LogP contribution in [0.2, 0.25) is 0 Å². The van der Waals surface area contributed by atoms with Gasteiger partial charge in [-0.05, 0) is 19.9 Å². The molecule has 0 aliphatic carbocycles. The molecular weight excluding hydrogens is 202 g/mol. The van der Waals surface area contributed by atoms with Crippen LogP contribution in [0.1, 0.15) is 13.8 Å². The molecule has 0 spiro atoms. The summed E-state index contributed by atoms with van der Waals surface area (Å²) in [6.45, 7) is 3.77. The molecule has 0 saturated carbocycles. The molecule has 1 aromatic heterocycles. The zero-order chi connectivity index (χ0) is 10.8. The van der Waals surface area contributed by atoms with E-state index in [0.29, 0.717) is 5.88 Å². The normalized spacial score (nSPS) is 13.0. The van der Waals surface area contributed by atoms with Gasteiger partial charge in [0.05, 0.1) is 6.10 Å². The smallest absolute Gasteiger partial charge is 0.215 e. The molecule has 0 radical (unpaired) electrons. The van der Waals surface area contributed by atoms with Gasteiger partial charge in [0.25, 0.3) is 0 Å². The molecule has 0 bridgehead atoms. The Morgan fingerprint density at radius 1 is 1.36 bits per heavy atom. The SMILES string of the molecule is CC(C)Oc1cccc(S(C)(O)O)n1. The molecule has 0 fully saturated rings. The van der Waals surface area contributed by atoms with E-state index >= 15 is 0 Å². The van der Waals surface area contributed by atoms with Crippen molar-refractivity contribution in [1.82, 2.24) is 4.98 Å². The second kappa shape index (κ2) is 4.16. The van der Waals surface area contributed by atoms with Gasteiger partial charge in [0.2, 0.25) is 5.88 Å². The van der Waals surface area contributed by atoms with E-state index in [4.69, 9.17) is 4.74 Å². The molecule has 1 rings (SSSR count). The van der Waals surface area contributed by atoms with Crippen LogP contribution in [0.3, 0.4) is 0 Å². The van der Waals surface area contributed by atoms with Gasteiger partial charge in [0.1, 0.15) is 5.03 Å². The number of hydrogen-bond acceptors (Lipinski definition) is 4. The fraction of sp³-hybridized carbons (Fsp3) is 0.444. The number of rotatable bonds is 3. The molecular formula is C9H15NO3S. The van der Waals surface area contributed by atoms with Crippen molar-refractivity contribution in [3.8, 4) is 5.88 Å². The number of hydrogen-bond donors (Lipinski definition) is 2. The third-order valence-corrected chi connectivity index (χ3v) is 2.47. The maximum Gasteiger partial charge on any atom is 0.215 e. The first-order chi connectivity index (χ1) is 6.39. The number of ether oxygens (including phenoxy) is 1. The largest absolute Gasteiger partial charge is 0.475 e. The van der Waals surface area contributed by atoms with Crippen LogP contribution in [0.4, 0.5) is 0 Å². The van der Waals surface area contributed by atoms with Gasteiger partial charge in [0.15, 0.2) is 0 Å². The van der Waals surface area contributed by atoms with Crippen molar-refractivity contribution in [2.45, 2.75) is 25.0 Å². The van der Waals surface area contributed by atoms with Crippen LogP contribution < -0.4 is 4.74 Å². The minimum atomic E-state index is -2.75. The molecule has 0 unspecified atom stereocenters. The highest BCUT2D eigenvalue weighted by molar-refractivity contribution is 8.23. The van der Waals surface area contributed by atoms with Crippen molar-refractivity contribution in [1.29, 1.82) is 0 Å². The van der Waals surface area contributed by atoms with Crippen molar-refractivity contribution < 1.29 is 13.8 Å². The van der Waals surface area contributed by atoms with Crippen molar-refractivity contribution in [3.05, 3.63) is 18.2 Å². The van der Waals surface area contributed by atoms with E-state index in [0.717, 1.165) is 0 Å². The topological polar surface area (TPSA) is 62.6 Å². The zero-order valence-corrected chi connectivity index (χ0v) is 9.28. The molecule has 0 aliphatic rings. The minimum absolute atomic E-state index is 0.0244. The highest BCUT2D eigenvalue weighted by atomic mass is 32.3. The molecule has 0 aromatic carbocycles. The molecule has 14 heavy (non-hydrogen) atoms. The molecule has 0 aliphatic heterocycles. The van der Waals surface area contributed by atoms with Gasteiger partial charge < -0.3 is 4.74 Å². The molecule has 0 atom stereocenters. The predicted octanol–water partition coefficient (Wildman–Crippen LogP) is 2.61. The molecule has 5 heteroatoms. The van der Waals surface area contributed by atoms with Crippen LogP contribution in [0, 0.1) is 0 Å². The van der Waals surface area contributed by atoms with Crippen LogP contribution in [0.5, 0.6) is 5.88 Å². The van der Waals surface area contributed by atoms with Gasteiger partial charge in [0, 0.05) is 12.3 Å². The van der Waals surface area contributed by atoms with Crippen LogP contribution in [0.15, 0.2) is 23.2 Å². The number of pyridine rings is 1. The lowest BCUT2D eigenvalue weighted by atomic mass is 10.4. The summed E-state index contributed by atoms with van der Waals surface area (Å²) in [5, 5.41) is 0.260. The molecule has 0 saturated heterocycles. The first-order valence-corrected chi connectivity index (χ1v) is 6.22. The fourth-order valence-electron chi connectivity index (χ4n) is 0.918. The molecule has 4 nitrogen and oxygen atoms in total. The Kier molecular flexibility index (Phi) is 3.36. The van der Waals surface area contributed by atoms with Crippen LogP contribution in [0.25, 0.3) is 0 Å². The summed E-state index contributed by atoms with van der Waals surface area (Å²) in [6, 6.07) is 4.95. The lowest BCUT2D eigenvalue weighted by molar-refractivity contribution is 0.230. The Morgan fingerprint density at radius 2 is 2.00 bits per heavy atom. The lowest BCUT2D eigenvalue weighted by Crippen LogP contribution is -2.08. The maximum atomic E-state index is 9.37. The monoisotopic (exact) mass is 217 g/mol. The summed E-state index contributed by atoms with van der Waals surface area (Å²) in [6.07, 6.45) is 1.37. The van der Waals surface area contributed by atoms with E-state index < -0.39 is 10.6 Å². The molecule has 2 N–H and O–H groups in total. The Balaban J connectivity index is 2.90. The summed E-state index contributed by atoms with van der Waals surface area (Å²) in [7, 11) is -2.75. The third kappa shape index (κ3) is 3.17. The van der Waals surface area contributed by atoms with E-state index in [2.05, 4.69) is 4.98 Å². The van der Waals surface area contributed by atoms with Gasteiger partial charge in [-0.15, -0.1) is 0 Å². The van der Waals surface area contributed by atoms with Gasteiger partial charge in [-0.2, -0.15) is 15.6 Å². The van der Waals surface area contributed by atoms with Gasteiger partial charge in [-0.25, -0.2) is 0 Å². The Hall–Kier alpha value is -0.780. The van der Waals surface area contributed by atoms with E-state index in [9.17, 15) is 9.11 Å². The molecule has 80 valence electrons. The van der Waals surface area contributed by atoms with Crippen molar-refractivity contribution in [2.75, 3.05) is 6.26 Å². The highest BCUT2D eigenvalue weighted by Crippen LogP contribution is 2.42. The number of nitrogens with zero attached hydrogens (tertiary/aromatic N) is 1. The van der Waals surface area contributed by atoms with Crippen molar-refractivity contribution >= 4 is 10.6 Å². The number of aromatic nitrogens is 1. The van der Waals surface area contributed by atoms with Gasteiger partial charge in [-0.3, -0.25) is 9.11 Å². The zero-order valence-electron chi connectivity index (χ0n) is 8.47. The Bertz CT molecular complexity index is 309. The van der Waals surface area contributed by atoms with E-state index in [1.165, 1.54) is 6.26 Å². The van der Waals surface area contributed by atoms with E-state index in [1.807, 2.05) is 13.8 Å². The van der Waals surface area contributed by atoms with Crippen molar-refractivity contribution in [2.24, 2.45) is 0 Å². The summed E-state index contributed by atoms with van der Waals surface area (Å²) >= 11 is 0. The Morgan fingerprint density at radius 3 is 2.50 bits per heavy atom.